The zero-order valence-electron chi connectivity index (χ0n) is 25.1. The van der Waals surface area contributed by atoms with Crippen molar-refractivity contribution in [3.63, 3.8) is 0 Å². The summed E-state index contributed by atoms with van der Waals surface area (Å²) in [7, 11) is 4.18. The van der Waals surface area contributed by atoms with Gasteiger partial charge in [-0.3, -0.25) is 4.68 Å². The fourth-order valence-electron chi connectivity index (χ4n) is 6.74. The number of carboxylic acid groups (broad SMARTS) is 1. The van der Waals surface area contributed by atoms with Crippen molar-refractivity contribution >= 4 is 27.6 Å². The third-order valence-electron chi connectivity index (χ3n) is 8.63. The van der Waals surface area contributed by atoms with Gasteiger partial charge in [0, 0.05) is 42.0 Å². The monoisotopic (exact) mass is 564 g/mol. The molecule has 0 aliphatic carbocycles. The maximum Gasteiger partial charge on any atom is 0.352 e. The summed E-state index contributed by atoms with van der Waals surface area (Å²) in [6, 6.07) is 18.6. The molecule has 0 fully saturated rings. The molecule has 0 saturated carbocycles. The SMILES string of the molecule is CCCc1nn(C)c2c1-c1c(C)ccc3c(CCCOc4cccc5ccccc45)c(C(=O)O)n(c13)CCCN(C)C2. The third kappa shape index (κ3) is 4.96. The van der Waals surface area contributed by atoms with Crippen molar-refractivity contribution in [1.29, 1.82) is 0 Å². The average molecular weight is 565 g/mol. The van der Waals surface area contributed by atoms with Crippen molar-refractivity contribution in [2.45, 2.75) is 59.0 Å². The summed E-state index contributed by atoms with van der Waals surface area (Å²) in [5.41, 5.74) is 8.09. The molecule has 3 heterocycles. The summed E-state index contributed by atoms with van der Waals surface area (Å²) in [6.07, 6.45) is 4.09. The van der Waals surface area contributed by atoms with Gasteiger partial charge in [0.1, 0.15) is 11.4 Å². The van der Waals surface area contributed by atoms with Crippen LogP contribution in [0.4, 0.5) is 0 Å². The van der Waals surface area contributed by atoms with Crippen molar-refractivity contribution in [2.24, 2.45) is 7.05 Å². The number of aryl methyl sites for hydroxylation is 5. The molecule has 0 unspecified atom stereocenters. The largest absolute Gasteiger partial charge is 0.493 e. The lowest BCUT2D eigenvalue weighted by atomic mass is 9.92. The van der Waals surface area contributed by atoms with Gasteiger partial charge in [0.15, 0.2) is 0 Å². The highest BCUT2D eigenvalue weighted by atomic mass is 16.5. The van der Waals surface area contributed by atoms with E-state index in [1.54, 1.807) is 0 Å². The molecule has 1 N–H and O–H groups in total. The van der Waals surface area contributed by atoms with Gasteiger partial charge < -0.3 is 19.3 Å². The quantitative estimate of drug-likeness (QED) is 0.206. The van der Waals surface area contributed by atoms with E-state index in [9.17, 15) is 9.90 Å². The third-order valence-corrected chi connectivity index (χ3v) is 8.63. The summed E-state index contributed by atoms with van der Waals surface area (Å²) in [5.74, 6) is -0.00708. The van der Waals surface area contributed by atoms with Crippen LogP contribution < -0.4 is 4.74 Å². The van der Waals surface area contributed by atoms with Crippen LogP contribution in [-0.4, -0.2) is 50.5 Å². The fourth-order valence-corrected chi connectivity index (χ4v) is 6.74. The van der Waals surface area contributed by atoms with Crippen LogP contribution >= 0.6 is 0 Å². The maximum atomic E-state index is 12.9. The highest BCUT2D eigenvalue weighted by Crippen LogP contribution is 2.41. The molecule has 7 heteroatoms. The summed E-state index contributed by atoms with van der Waals surface area (Å²) in [4.78, 5) is 15.3. The minimum Gasteiger partial charge on any atom is -0.493 e. The standard InChI is InChI=1S/C35H40N4O3/c1-5-11-28-32-29(38(4)36-28)22-37(3)19-10-20-39-33-27(18-17-23(2)31(32)33)26(34(39)35(40)41)15-9-21-42-30-16-8-13-24-12-6-7-14-25(24)30/h6-8,12-14,16-18H,5,9-11,15,19-22H2,1-4H3,(H,40,41). The summed E-state index contributed by atoms with van der Waals surface area (Å²) >= 11 is 0. The van der Waals surface area contributed by atoms with E-state index < -0.39 is 5.97 Å². The number of carbonyl (C=O) groups is 1. The number of nitrogens with zero attached hydrogens (tertiary/aromatic N) is 4. The number of fused-ring (bicyclic) bond motifs is 3. The first-order chi connectivity index (χ1) is 20.4. The molecule has 218 valence electrons. The highest BCUT2D eigenvalue weighted by Gasteiger charge is 2.29. The molecule has 3 aromatic carbocycles. The number of carboxylic acids is 1. The molecule has 42 heavy (non-hydrogen) atoms. The van der Waals surface area contributed by atoms with E-state index in [0.717, 1.165) is 82.2 Å². The Hall–Kier alpha value is -4.10. The smallest absolute Gasteiger partial charge is 0.352 e. The molecule has 0 bridgehead atoms. The van der Waals surface area contributed by atoms with Crippen LogP contribution in [0.2, 0.25) is 0 Å². The Bertz CT molecular complexity index is 1780. The molecule has 0 spiro atoms. The van der Waals surface area contributed by atoms with E-state index in [0.29, 0.717) is 31.7 Å². The van der Waals surface area contributed by atoms with Crippen molar-refractivity contribution in [3.05, 3.63) is 82.8 Å². The molecule has 1 aliphatic rings. The Labute approximate surface area is 247 Å². The van der Waals surface area contributed by atoms with Crippen LogP contribution in [0.25, 0.3) is 32.8 Å². The van der Waals surface area contributed by atoms with Gasteiger partial charge in [0.05, 0.1) is 23.5 Å². The van der Waals surface area contributed by atoms with Crippen molar-refractivity contribution in [1.82, 2.24) is 19.2 Å². The first-order valence-corrected chi connectivity index (χ1v) is 15.1. The Morgan fingerprint density at radius 2 is 1.79 bits per heavy atom. The lowest BCUT2D eigenvalue weighted by Gasteiger charge is -2.22. The van der Waals surface area contributed by atoms with E-state index >= 15 is 0 Å². The molecular weight excluding hydrogens is 524 g/mol. The van der Waals surface area contributed by atoms with Crippen molar-refractivity contribution in [3.8, 4) is 16.9 Å². The predicted octanol–water partition coefficient (Wildman–Crippen LogP) is 7.00. The molecular formula is C35H40N4O3. The van der Waals surface area contributed by atoms with Crippen molar-refractivity contribution < 1.29 is 14.6 Å². The van der Waals surface area contributed by atoms with Gasteiger partial charge in [-0.25, -0.2) is 4.79 Å². The minimum atomic E-state index is -0.870. The fraction of sp³-hybridized carbons (Fsp3) is 0.371. The van der Waals surface area contributed by atoms with E-state index in [-0.39, 0.29) is 0 Å². The number of rotatable bonds is 8. The second kappa shape index (κ2) is 11.6. The Morgan fingerprint density at radius 3 is 2.60 bits per heavy atom. The van der Waals surface area contributed by atoms with Gasteiger partial charge in [-0.2, -0.15) is 5.10 Å². The molecule has 0 radical (unpaired) electrons. The molecule has 5 aromatic rings. The van der Waals surface area contributed by atoms with Gasteiger partial charge in [-0.05, 0) is 68.8 Å². The zero-order chi connectivity index (χ0) is 29.4. The average Bonchev–Trinajstić information content (AvgIpc) is 3.45. The topological polar surface area (TPSA) is 72.5 Å². The van der Waals surface area contributed by atoms with Crippen LogP contribution in [0, 0.1) is 6.92 Å². The Balaban J connectivity index is 1.44. The number of ether oxygens (including phenoxy) is 1. The second-order valence-corrected chi connectivity index (χ2v) is 11.6. The Kier molecular flexibility index (Phi) is 7.78. The molecule has 0 atom stereocenters. The molecule has 7 nitrogen and oxygen atoms in total. The number of benzene rings is 3. The van der Waals surface area contributed by atoms with Crippen molar-refractivity contribution in [2.75, 3.05) is 20.2 Å². The second-order valence-electron chi connectivity index (χ2n) is 11.6. The number of aromatic carboxylic acids is 1. The molecule has 2 aromatic heterocycles. The number of hydrogen-bond donors (Lipinski definition) is 1. The Morgan fingerprint density at radius 1 is 0.976 bits per heavy atom. The molecule has 0 amide bonds. The highest BCUT2D eigenvalue weighted by molar-refractivity contribution is 6.05. The predicted molar refractivity (Wildman–Crippen MR) is 169 cm³/mol. The summed E-state index contributed by atoms with van der Waals surface area (Å²) < 4.78 is 10.4. The summed E-state index contributed by atoms with van der Waals surface area (Å²) in [6.45, 7) is 7.18. The van der Waals surface area contributed by atoms with Crippen LogP contribution in [0.15, 0.2) is 54.6 Å². The molecule has 0 saturated heterocycles. The van der Waals surface area contributed by atoms with Gasteiger partial charge in [0.2, 0.25) is 0 Å². The normalized spacial score (nSPS) is 13.9. The molecule has 6 rings (SSSR count). The summed E-state index contributed by atoms with van der Waals surface area (Å²) in [5, 5.41) is 18.9. The molecule has 1 aliphatic heterocycles. The first kappa shape index (κ1) is 28.0. The van der Waals surface area contributed by atoms with E-state index in [1.165, 1.54) is 11.3 Å². The number of aromatic nitrogens is 3. The van der Waals surface area contributed by atoms with Crippen LogP contribution in [0.1, 0.15) is 59.2 Å². The lowest BCUT2D eigenvalue weighted by Crippen LogP contribution is -2.24. The zero-order valence-corrected chi connectivity index (χ0v) is 25.1. The first-order valence-electron chi connectivity index (χ1n) is 15.1. The van der Waals surface area contributed by atoms with E-state index in [1.807, 2.05) is 36.0 Å². The lowest BCUT2D eigenvalue weighted by molar-refractivity contribution is 0.0684. The van der Waals surface area contributed by atoms with E-state index in [2.05, 4.69) is 60.7 Å². The van der Waals surface area contributed by atoms with Gasteiger partial charge in [0.25, 0.3) is 0 Å². The van der Waals surface area contributed by atoms with Gasteiger partial charge >= 0.3 is 5.97 Å². The van der Waals surface area contributed by atoms with E-state index in [4.69, 9.17) is 9.84 Å². The van der Waals surface area contributed by atoms with Gasteiger partial charge in [-0.15, -0.1) is 0 Å². The number of hydrogen-bond acceptors (Lipinski definition) is 4. The minimum absolute atomic E-state index is 0.410. The van der Waals surface area contributed by atoms with Gasteiger partial charge in [-0.1, -0.05) is 61.9 Å². The van der Waals surface area contributed by atoms with Crippen LogP contribution in [0.3, 0.4) is 0 Å². The van der Waals surface area contributed by atoms with Crippen LogP contribution in [-0.2, 0) is 33.0 Å². The van der Waals surface area contributed by atoms with Crippen LogP contribution in [0.5, 0.6) is 5.75 Å². The maximum absolute atomic E-state index is 12.9.